The fourth-order valence-corrected chi connectivity index (χ4v) is 2.34. The van der Waals surface area contributed by atoms with Gasteiger partial charge in [0.25, 0.3) is 0 Å². The molecule has 2 heterocycles. The van der Waals surface area contributed by atoms with Gasteiger partial charge >= 0.3 is 6.09 Å². The van der Waals surface area contributed by atoms with E-state index < -0.39 is 0 Å². The Hall–Kier alpha value is -0.810. The minimum atomic E-state index is -0.193. The Morgan fingerprint density at radius 3 is 2.81 bits per heavy atom. The molecule has 16 heavy (non-hydrogen) atoms. The van der Waals surface area contributed by atoms with Crippen LogP contribution < -0.4 is 5.32 Å². The number of hydrogen-bond donors (Lipinski definition) is 1. The van der Waals surface area contributed by atoms with Gasteiger partial charge in [-0.1, -0.05) is 0 Å². The Morgan fingerprint density at radius 1 is 1.50 bits per heavy atom. The summed E-state index contributed by atoms with van der Waals surface area (Å²) >= 11 is 0. The number of morpholine rings is 1. The SMILES string of the molecule is CCOC(=O)N1CCC2(CC1)CNCCO2. The van der Waals surface area contributed by atoms with Crippen molar-refractivity contribution in [3.05, 3.63) is 0 Å². The molecule has 0 atom stereocenters. The normalized spacial score (nSPS) is 24.4. The first kappa shape index (κ1) is 11.7. The summed E-state index contributed by atoms with van der Waals surface area (Å²) in [6, 6.07) is 0. The molecule has 0 aromatic carbocycles. The van der Waals surface area contributed by atoms with Crippen LogP contribution in [0, 0.1) is 0 Å². The zero-order valence-electron chi connectivity index (χ0n) is 9.83. The maximum atomic E-state index is 11.5. The summed E-state index contributed by atoms with van der Waals surface area (Å²) in [6.07, 6.45) is 1.61. The lowest BCUT2D eigenvalue weighted by Gasteiger charge is -2.43. The zero-order chi connectivity index (χ0) is 11.4. The van der Waals surface area contributed by atoms with Gasteiger partial charge in [-0.05, 0) is 19.8 Å². The molecule has 2 saturated heterocycles. The van der Waals surface area contributed by atoms with Crippen LogP contribution in [0.3, 0.4) is 0 Å². The van der Waals surface area contributed by atoms with E-state index in [0.29, 0.717) is 6.61 Å². The van der Waals surface area contributed by atoms with Gasteiger partial charge in [0.2, 0.25) is 0 Å². The highest BCUT2D eigenvalue weighted by Crippen LogP contribution is 2.27. The molecule has 2 aliphatic heterocycles. The Labute approximate surface area is 96.1 Å². The van der Waals surface area contributed by atoms with E-state index in [2.05, 4.69) is 5.32 Å². The number of carbonyl (C=O) groups is 1. The van der Waals surface area contributed by atoms with Crippen molar-refractivity contribution in [2.45, 2.75) is 25.4 Å². The summed E-state index contributed by atoms with van der Waals surface area (Å²) in [4.78, 5) is 13.3. The van der Waals surface area contributed by atoms with Crippen molar-refractivity contribution in [3.63, 3.8) is 0 Å². The second-order valence-corrected chi connectivity index (χ2v) is 4.39. The van der Waals surface area contributed by atoms with Gasteiger partial charge in [0, 0.05) is 26.2 Å². The number of nitrogens with zero attached hydrogens (tertiary/aromatic N) is 1. The van der Waals surface area contributed by atoms with E-state index >= 15 is 0 Å². The quantitative estimate of drug-likeness (QED) is 0.714. The maximum Gasteiger partial charge on any atom is 0.409 e. The van der Waals surface area contributed by atoms with Gasteiger partial charge in [-0.25, -0.2) is 4.79 Å². The molecular weight excluding hydrogens is 208 g/mol. The fraction of sp³-hybridized carbons (Fsp3) is 0.909. The van der Waals surface area contributed by atoms with Crippen LogP contribution >= 0.6 is 0 Å². The second-order valence-electron chi connectivity index (χ2n) is 4.39. The molecule has 2 rings (SSSR count). The molecule has 0 aromatic heterocycles. The molecule has 2 aliphatic rings. The summed E-state index contributed by atoms with van der Waals surface area (Å²) in [5.74, 6) is 0. The third-order valence-corrected chi connectivity index (χ3v) is 3.33. The summed E-state index contributed by atoms with van der Waals surface area (Å²) in [5.41, 5.74) is -0.0404. The van der Waals surface area contributed by atoms with Crippen LogP contribution in [0.15, 0.2) is 0 Å². The van der Waals surface area contributed by atoms with E-state index in [-0.39, 0.29) is 11.7 Å². The van der Waals surface area contributed by atoms with Gasteiger partial charge in [-0.15, -0.1) is 0 Å². The van der Waals surface area contributed by atoms with E-state index in [1.807, 2.05) is 6.92 Å². The highest BCUT2D eigenvalue weighted by atomic mass is 16.6. The van der Waals surface area contributed by atoms with Crippen molar-refractivity contribution in [1.82, 2.24) is 10.2 Å². The van der Waals surface area contributed by atoms with Gasteiger partial charge in [0.1, 0.15) is 0 Å². The standard InChI is InChI=1S/C11H20N2O3/c1-2-15-10(14)13-6-3-11(4-7-13)9-12-5-8-16-11/h12H,2-9H2,1H3. The molecule has 0 aliphatic carbocycles. The van der Waals surface area contributed by atoms with Crippen LogP contribution in [0.2, 0.25) is 0 Å². The summed E-state index contributed by atoms with van der Waals surface area (Å²) in [7, 11) is 0. The van der Waals surface area contributed by atoms with Crippen LogP contribution in [-0.4, -0.2) is 56.0 Å². The van der Waals surface area contributed by atoms with Crippen molar-refractivity contribution >= 4 is 6.09 Å². The summed E-state index contributed by atoms with van der Waals surface area (Å²) in [5, 5.41) is 3.35. The number of ether oxygens (including phenoxy) is 2. The van der Waals surface area contributed by atoms with Gasteiger partial charge in [0.15, 0.2) is 0 Å². The Bertz CT molecular complexity index is 242. The number of likely N-dealkylation sites (tertiary alicyclic amines) is 1. The number of amides is 1. The van der Waals surface area contributed by atoms with E-state index in [1.165, 1.54) is 0 Å². The van der Waals surface area contributed by atoms with Crippen molar-refractivity contribution in [2.75, 3.05) is 39.4 Å². The first-order chi connectivity index (χ1) is 7.76. The van der Waals surface area contributed by atoms with Crippen molar-refractivity contribution < 1.29 is 14.3 Å². The molecule has 0 aromatic rings. The Kier molecular flexibility index (Phi) is 3.66. The molecule has 1 spiro atoms. The lowest BCUT2D eigenvalue weighted by Crippen LogP contribution is -2.56. The van der Waals surface area contributed by atoms with E-state index in [1.54, 1.807) is 4.90 Å². The molecule has 0 bridgehead atoms. The zero-order valence-corrected chi connectivity index (χ0v) is 9.83. The molecule has 0 saturated carbocycles. The number of rotatable bonds is 1. The monoisotopic (exact) mass is 228 g/mol. The largest absolute Gasteiger partial charge is 0.450 e. The third kappa shape index (κ3) is 2.47. The number of piperidine rings is 1. The van der Waals surface area contributed by atoms with Gasteiger partial charge < -0.3 is 19.7 Å². The summed E-state index contributed by atoms with van der Waals surface area (Å²) < 4.78 is 10.8. The number of nitrogens with one attached hydrogen (secondary N) is 1. The van der Waals surface area contributed by atoms with Crippen molar-refractivity contribution in [1.29, 1.82) is 0 Å². The van der Waals surface area contributed by atoms with E-state index in [9.17, 15) is 4.79 Å². The van der Waals surface area contributed by atoms with Gasteiger partial charge in [-0.2, -0.15) is 0 Å². The van der Waals surface area contributed by atoms with Crippen LogP contribution in [0.5, 0.6) is 0 Å². The average molecular weight is 228 g/mol. The van der Waals surface area contributed by atoms with E-state index in [4.69, 9.17) is 9.47 Å². The Morgan fingerprint density at radius 2 is 2.25 bits per heavy atom. The van der Waals surface area contributed by atoms with Crippen LogP contribution in [-0.2, 0) is 9.47 Å². The third-order valence-electron chi connectivity index (χ3n) is 3.33. The maximum absolute atomic E-state index is 11.5. The fourth-order valence-electron chi connectivity index (χ4n) is 2.34. The predicted octanol–water partition coefficient (Wildman–Crippen LogP) is 0.597. The first-order valence-electron chi connectivity index (χ1n) is 6.02. The topological polar surface area (TPSA) is 50.8 Å². The molecule has 1 N–H and O–H groups in total. The van der Waals surface area contributed by atoms with Crippen LogP contribution in [0.1, 0.15) is 19.8 Å². The first-order valence-corrected chi connectivity index (χ1v) is 6.02. The molecule has 0 radical (unpaired) electrons. The molecule has 92 valence electrons. The molecule has 2 fully saturated rings. The molecule has 0 unspecified atom stereocenters. The summed E-state index contributed by atoms with van der Waals surface area (Å²) in [6.45, 7) is 6.36. The van der Waals surface area contributed by atoms with Crippen LogP contribution in [0.25, 0.3) is 0 Å². The van der Waals surface area contributed by atoms with Crippen molar-refractivity contribution in [3.8, 4) is 0 Å². The minimum absolute atomic E-state index is 0.0404. The number of carbonyl (C=O) groups excluding carboxylic acids is 1. The molecular formula is C11H20N2O3. The lowest BCUT2D eigenvalue weighted by atomic mass is 9.90. The molecule has 1 amide bonds. The van der Waals surface area contributed by atoms with Gasteiger partial charge in [-0.3, -0.25) is 0 Å². The molecule has 5 nitrogen and oxygen atoms in total. The second kappa shape index (κ2) is 5.01. The number of hydrogen-bond acceptors (Lipinski definition) is 4. The Balaban J connectivity index is 1.83. The van der Waals surface area contributed by atoms with Crippen molar-refractivity contribution in [2.24, 2.45) is 0 Å². The highest BCUT2D eigenvalue weighted by molar-refractivity contribution is 5.67. The van der Waals surface area contributed by atoms with Crippen LogP contribution in [0.4, 0.5) is 4.79 Å². The molecule has 5 heteroatoms. The van der Waals surface area contributed by atoms with E-state index in [0.717, 1.165) is 45.6 Å². The smallest absolute Gasteiger partial charge is 0.409 e. The highest BCUT2D eigenvalue weighted by Gasteiger charge is 2.38. The minimum Gasteiger partial charge on any atom is -0.450 e. The average Bonchev–Trinajstić information content (AvgIpc) is 2.31. The predicted molar refractivity (Wildman–Crippen MR) is 59.4 cm³/mol. The lowest BCUT2D eigenvalue weighted by molar-refractivity contribution is -0.0970. The van der Waals surface area contributed by atoms with Gasteiger partial charge in [0.05, 0.1) is 18.8 Å².